The standard InChI is InChI=1S/C42H50N4O10/c1-6-53-29-11-7-25(8-12-29)19-41(2,3)44-22-36(50)32-16-28(48)18-34-40(32)55-24-38(52)46(34)56-30-13-9-26(10-14-30)20-42(4,5)43-21-35(49)31-15-27(47)17-33-39(31)54-23-37(51)45-33/h7-18,35-36,43-44,47-50H,6,19-24H2,1-5H3,(H,45,51). The van der Waals surface area contributed by atoms with Gasteiger partial charge in [-0.2, -0.15) is 0 Å². The second kappa shape index (κ2) is 16.7. The molecule has 4 aromatic carbocycles. The molecule has 56 heavy (non-hydrogen) atoms. The first-order valence-electron chi connectivity index (χ1n) is 18.6. The number of hydroxylamine groups is 1. The summed E-state index contributed by atoms with van der Waals surface area (Å²) >= 11 is 0. The maximum atomic E-state index is 13.1. The van der Waals surface area contributed by atoms with Gasteiger partial charge in [0.05, 0.1) is 24.5 Å². The molecule has 2 heterocycles. The van der Waals surface area contributed by atoms with Crippen LogP contribution in [-0.4, -0.2) is 76.2 Å². The molecule has 2 amide bonds. The third-order valence-electron chi connectivity index (χ3n) is 9.50. The molecule has 2 unspecified atom stereocenters. The smallest absolute Gasteiger partial charge is 0.297 e. The van der Waals surface area contributed by atoms with Gasteiger partial charge in [0, 0.05) is 47.4 Å². The highest BCUT2D eigenvalue weighted by Crippen LogP contribution is 2.42. The van der Waals surface area contributed by atoms with E-state index in [1.807, 2.05) is 71.0 Å². The molecule has 2 aliphatic heterocycles. The molecule has 6 rings (SSSR count). The number of carbonyl (C=O) groups is 2. The number of rotatable bonds is 16. The van der Waals surface area contributed by atoms with Crippen molar-refractivity contribution in [3.8, 4) is 34.5 Å². The van der Waals surface area contributed by atoms with E-state index in [9.17, 15) is 30.0 Å². The van der Waals surface area contributed by atoms with E-state index in [1.54, 1.807) is 12.1 Å². The molecule has 2 atom stereocenters. The van der Waals surface area contributed by atoms with Crippen LogP contribution in [0.5, 0.6) is 34.5 Å². The molecule has 14 nitrogen and oxygen atoms in total. The Morgan fingerprint density at radius 1 is 0.750 bits per heavy atom. The second-order valence-electron chi connectivity index (χ2n) is 15.3. The zero-order valence-corrected chi connectivity index (χ0v) is 32.2. The lowest BCUT2D eigenvalue weighted by Crippen LogP contribution is -2.44. The number of nitrogens with one attached hydrogen (secondary N) is 3. The Morgan fingerprint density at radius 3 is 1.84 bits per heavy atom. The Hall–Kier alpha value is -5.54. The summed E-state index contributed by atoms with van der Waals surface area (Å²) in [5.74, 6) is 0.612. The van der Waals surface area contributed by atoms with E-state index in [0.717, 1.165) is 21.9 Å². The number of hydrogen-bond donors (Lipinski definition) is 7. The molecule has 2 aliphatic rings. The molecule has 0 saturated carbocycles. The number of aliphatic hydroxyl groups excluding tert-OH is 2. The van der Waals surface area contributed by atoms with Gasteiger partial charge in [-0.15, -0.1) is 5.06 Å². The number of nitrogens with zero attached hydrogens (tertiary/aromatic N) is 1. The SMILES string of the molecule is CCOc1ccc(CC(C)(C)NCC(O)c2cc(O)cc3c2OCC(=O)N3Oc2ccc(CC(C)(C)NCC(O)c3cc(O)cc4c3OCC(=O)N4)cc2)cc1. The number of β-amino-alcohol motifs (C(OH)–C–C–N with tert-alkyl or cyclic N) is 2. The van der Waals surface area contributed by atoms with Gasteiger partial charge in [-0.05, 0) is 95.0 Å². The van der Waals surface area contributed by atoms with Crippen LogP contribution in [0, 0.1) is 0 Å². The zero-order valence-electron chi connectivity index (χ0n) is 32.2. The van der Waals surface area contributed by atoms with Crippen molar-refractivity contribution in [2.45, 2.75) is 70.7 Å². The van der Waals surface area contributed by atoms with Crippen molar-refractivity contribution in [3.63, 3.8) is 0 Å². The van der Waals surface area contributed by atoms with E-state index in [-0.39, 0.29) is 60.7 Å². The van der Waals surface area contributed by atoms with E-state index in [4.69, 9.17) is 19.0 Å². The summed E-state index contributed by atoms with van der Waals surface area (Å²) in [5, 5.41) is 53.7. The van der Waals surface area contributed by atoms with Gasteiger partial charge in [-0.25, -0.2) is 0 Å². The van der Waals surface area contributed by atoms with Gasteiger partial charge in [0.1, 0.15) is 28.7 Å². The highest BCUT2D eigenvalue weighted by atomic mass is 16.7. The van der Waals surface area contributed by atoms with Gasteiger partial charge in [0.2, 0.25) is 0 Å². The monoisotopic (exact) mass is 770 g/mol. The Bertz CT molecular complexity index is 2030. The Labute approximate surface area is 325 Å². The molecular formula is C42H50N4O10. The van der Waals surface area contributed by atoms with E-state index >= 15 is 0 Å². The average molecular weight is 771 g/mol. The van der Waals surface area contributed by atoms with E-state index in [2.05, 4.69) is 16.0 Å². The summed E-state index contributed by atoms with van der Waals surface area (Å²) in [5.41, 5.74) is 2.31. The van der Waals surface area contributed by atoms with Gasteiger partial charge in [0.15, 0.2) is 24.7 Å². The maximum absolute atomic E-state index is 13.1. The predicted molar refractivity (Wildman–Crippen MR) is 209 cm³/mol. The predicted octanol–water partition coefficient (Wildman–Crippen LogP) is 4.84. The first-order chi connectivity index (χ1) is 26.6. The van der Waals surface area contributed by atoms with Gasteiger partial charge < -0.3 is 55.4 Å². The van der Waals surface area contributed by atoms with Crippen molar-refractivity contribution in [3.05, 3.63) is 95.1 Å². The molecule has 4 aromatic rings. The first kappa shape index (κ1) is 40.1. The minimum Gasteiger partial charge on any atom is -0.508 e. The minimum absolute atomic E-state index is 0.105. The molecule has 0 radical (unpaired) electrons. The van der Waals surface area contributed by atoms with Crippen LogP contribution in [-0.2, 0) is 22.4 Å². The molecule has 0 fully saturated rings. The molecule has 7 N–H and O–H groups in total. The van der Waals surface area contributed by atoms with E-state index in [1.165, 1.54) is 24.3 Å². The lowest BCUT2D eigenvalue weighted by molar-refractivity contribution is -0.125. The molecule has 14 heteroatoms. The van der Waals surface area contributed by atoms with Crippen LogP contribution < -0.4 is 40.1 Å². The maximum Gasteiger partial charge on any atom is 0.297 e. The quantitative estimate of drug-likeness (QED) is 0.0823. The van der Waals surface area contributed by atoms with Crippen molar-refractivity contribution in [2.75, 3.05) is 43.3 Å². The molecule has 0 bridgehead atoms. The number of hydrogen-bond acceptors (Lipinski definition) is 12. The average Bonchev–Trinajstić information content (AvgIpc) is 3.14. The second-order valence-corrected chi connectivity index (χ2v) is 15.3. The summed E-state index contributed by atoms with van der Waals surface area (Å²) in [6.07, 6.45) is -0.865. The highest BCUT2D eigenvalue weighted by molar-refractivity contribution is 5.97. The van der Waals surface area contributed by atoms with Crippen LogP contribution in [0.2, 0.25) is 0 Å². The van der Waals surface area contributed by atoms with E-state index < -0.39 is 23.7 Å². The molecular weight excluding hydrogens is 720 g/mol. The van der Waals surface area contributed by atoms with Crippen LogP contribution in [0.15, 0.2) is 72.8 Å². The van der Waals surface area contributed by atoms with Gasteiger partial charge in [0.25, 0.3) is 11.8 Å². The lowest BCUT2D eigenvalue weighted by Gasteiger charge is -2.32. The topological polar surface area (TPSA) is 191 Å². The summed E-state index contributed by atoms with van der Waals surface area (Å²) in [7, 11) is 0. The third kappa shape index (κ3) is 9.81. The molecule has 0 aromatic heterocycles. The Kier molecular flexibility index (Phi) is 12.0. The van der Waals surface area contributed by atoms with Crippen LogP contribution >= 0.6 is 0 Å². The number of benzene rings is 4. The van der Waals surface area contributed by atoms with Crippen molar-refractivity contribution in [1.82, 2.24) is 10.6 Å². The zero-order chi connectivity index (χ0) is 40.2. The minimum atomic E-state index is -1.08. The molecule has 298 valence electrons. The van der Waals surface area contributed by atoms with Crippen LogP contribution in [0.25, 0.3) is 0 Å². The fourth-order valence-corrected chi connectivity index (χ4v) is 6.82. The summed E-state index contributed by atoms with van der Waals surface area (Å²) in [6.45, 7) is 10.4. The normalized spacial score (nSPS) is 15.2. The number of aromatic hydroxyl groups is 2. The van der Waals surface area contributed by atoms with Crippen LogP contribution in [0.1, 0.15) is 69.1 Å². The summed E-state index contributed by atoms with van der Waals surface area (Å²) in [6, 6.07) is 20.7. The Morgan fingerprint density at radius 2 is 1.27 bits per heavy atom. The fraction of sp³-hybridized carbons (Fsp3) is 0.381. The number of amides is 2. The van der Waals surface area contributed by atoms with Crippen molar-refractivity contribution in [1.29, 1.82) is 0 Å². The summed E-state index contributed by atoms with van der Waals surface area (Å²) < 4.78 is 16.9. The number of phenolic OH excluding ortho intramolecular Hbond substituents is 2. The fourth-order valence-electron chi connectivity index (χ4n) is 6.82. The van der Waals surface area contributed by atoms with Gasteiger partial charge in [-0.1, -0.05) is 24.3 Å². The number of aliphatic hydroxyl groups is 2. The lowest BCUT2D eigenvalue weighted by atomic mass is 9.94. The number of ether oxygens (including phenoxy) is 3. The first-order valence-corrected chi connectivity index (χ1v) is 18.6. The van der Waals surface area contributed by atoms with Crippen molar-refractivity contribution in [2.24, 2.45) is 0 Å². The van der Waals surface area contributed by atoms with Gasteiger partial charge in [-0.3, -0.25) is 9.59 Å². The van der Waals surface area contributed by atoms with Gasteiger partial charge >= 0.3 is 0 Å². The molecule has 0 aliphatic carbocycles. The van der Waals surface area contributed by atoms with Crippen LogP contribution in [0.3, 0.4) is 0 Å². The number of carbonyl (C=O) groups excluding carboxylic acids is 2. The number of fused-ring (bicyclic) bond motifs is 2. The van der Waals surface area contributed by atoms with E-state index in [0.29, 0.717) is 47.8 Å². The van der Waals surface area contributed by atoms with Crippen molar-refractivity contribution >= 4 is 23.2 Å². The number of phenols is 2. The molecule has 0 saturated heterocycles. The Balaban J connectivity index is 1.07. The third-order valence-corrected chi connectivity index (χ3v) is 9.50. The largest absolute Gasteiger partial charge is 0.508 e. The van der Waals surface area contributed by atoms with Crippen molar-refractivity contribution < 1.29 is 49.1 Å². The molecule has 0 spiro atoms. The highest BCUT2D eigenvalue weighted by Gasteiger charge is 2.33. The summed E-state index contributed by atoms with van der Waals surface area (Å²) in [4.78, 5) is 30.9. The number of anilines is 2. The van der Waals surface area contributed by atoms with Crippen LogP contribution in [0.4, 0.5) is 11.4 Å².